The largest absolute Gasteiger partial charge is 0.514 e. The molecule has 2 aliphatic heterocycles. The van der Waals surface area contributed by atoms with Gasteiger partial charge in [0.2, 0.25) is 16.0 Å². The average molecular weight is 632 g/mol. The molecule has 3 aromatic rings. The van der Waals surface area contributed by atoms with Crippen LogP contribution < -0.4 is 20.3 Å². The van der Waals surface area contributed by atoms with E-state index in [-0.39, 0.29) is 50.6 Å². The topological polar surface area (TPSA) is 176 Å². The SMILES string of the molecule is NS(=O)(=O)C(=CO)c1ccc(-n2cc(-c3cc(NCCO)nc(N4CCC(F)(F)CC4)n3)nn2)c(N2CCC3(CC2)CC3)c1. The summed E-state index contributed by atoms with van der Waals surface area (Å²) in [4.78, 5) is 12.6. The molecule has 3 aliphatic rings. The van der Waals surface area contributed by atoms with Gasteiger partial charge in [-0.05, 0) is 48.8 Å². The summed E-state index contributed by atoms with van der Waals surface area (Å²) in [5.74, 6) is -2.05. The molecule has 2 saturated heterocycles. The van der Waals surface area contributed by atoms with Crippen LogP contribution in [0.3, 0.4) is 0 Å². The maximum absolute atomic E-state index is 13.8. The third-order valence-corrected chi connectivity index (χ3v) is 9.67. The first-order chi connectivity index (χ1) is 21.0. The monoisotopic (exact) mass is 631 g/mol. The molecule has 3 fully saturated rings. The van der Waals surface area contributed by atoms with Gasteiger partial charge >= 0.3 is 0 Å². The number of hydrogen-bond acceptors (Lipinski definition) is 11. The number of nitrogens with one attached hydrogen (secondary N) is 1. The molecule has 13 nitrogen and oxygen atoms in total. The lowest BCUT2D eigenvalue weighted by Gasteiger charge is -2.35. The van der Waals surface area contributed by atoms with E-state index >= 15 is 0 Å². The summed E-state index contributed by atoms with van der Waals surface area (Å²) in [5, 5.41) is 36.1. The number of anilines is 3. The number of nitrogens with zero attached hydrogens (tertiary/aromatic N) is 7. The van der Waals surface area contributed by atoms with Gasteiger partial charge in [0.05, 0.1) is 36.1 Å². The molecule has 4 heterocycles. The number of piperidine rings is 2. The molecule has 16 heteroatoms. The molecule has 5 N–H and O–H groups in total. The average Bonchev–Trinajstić information content (AvgIpc) is 3.55. The molecular weight excluding hydrogens is 596 g/mol. The van der Waals surface area contributed by atoms with E-state index in [1.54, 1.807) is 40.0 Å². The van der Waals surface area contributed by atoms with Gasteiger partial charge in [0.25, 0.3) is 5.92 Å². The van der Waals surface area contributed by atoms with E-state index in [0.717, 1.165) is 25.9 Å². The number of sulfonamides is 1. The van der Waals surface area contributed by atoms with Crippen molar-refractivity contribution in [1.82, 2.24) is 25.0 Å². The number of rotatable bonds is 9. The molecule has 0 bridgehead atoms. The van der Waals surface area contributed by atoms with Crippen molar-refractivity contribution < 1.29 is 27.4 Å². The Balaban J connectivity index is 1.36. The minimum atomic E-state index is -4.19. The summed E-state index contributed by atoms with van der Waals surface area (Å²) in [5.41, 5.74) is 2.80. The molecule has 1 saturated carbocycles. The van der Waals surface area contributed by atoms with Crippen LogP contribution in [0.4, 0.5) is 26.2 Å². The number of primary sulfonamides is 1. The Morgan fingerprint density at radius 1 is 0.977 bits per heavy atom. The van der Waals surface area contributed by atoms with Gasteiger partial charge in [0.15, 0.2) is 0 Å². The number of aliphatic hydroxyl groups excluding tert-OH is 2. The van der Waals surface area contributed by atoms with Crippen LogP contribution in [0.5, 0.6) is 0 Å². The normalized spacial score (nSPS) is 19.8. The lowest BCUT2D eigenvalue weighted by atomic mass is 9.93. The highest BCUT2D eigenvalue weighted by Gasteiger charge is 2.44. The summed E-state index contributed by atoms with van der Waals surface area (Å²) >= 11 is 0. The molecule has 1 aromatic carbocycles. The molecule has 0 atom stereocenters. The second-order valence-electron chi connectivity index (χ2n) is 11.7. The second kappa shape index (κ2) is 11.6. The highest BCUT2D eigenvalue weighted by molar-refractivity contribution is 7.98. The number of aliphatic hydroxyl groups is 2. The summed E-state index contributed by atoms with van der Waals surface area (Å²) < 4.78 is 53.5. The number of aromatic nitrogens is 5. The number of alkyl halides is 2. The molecule has 2 aromatic heterocycles. The fraction of sp³-hybridized carbons (Fsp3) is 0.500. The maximum Gasteiger partial charge on any atom is 0.251 e. The van der Waals surface area contributed by atoms with Crippen LogP contribution in [0.15, 0.2) is 36.7 Å². The number of halogens is 2. The molecular formula is C28H35F2N9O4S. The smallest absolute Gasteiger partial charge is 0.251 e. The standard InChI is InChI=1S/C28H35F2N9O4S/c29-28(30)7-12-38(13-8-28)26-33-20(16-25(34-26)32-9-14-40)21-17-39(36-35-21)22-2-1-19(24(18-41)44(31,42)43)15-23(22)37-10-5-27(3-4-27)6-11-37/h1-2,15-18,40-41H,3-14H2,(H2,31,42,43)(H,32,33,34). The fourth-order valence-electron chi connectivity index (χ4n) is 5.85. The number of benzene rings is 1. The Bertz CT molecular complexity index is 1660. The van der Waals surface area contributed by atoms with Gasteiger partial charge in [-0.3, -0.25) is 0 Å². The first kappa shape index (κ1) is 30.1. The Morgan fingerprint density at radius 2 is 1.68 bits per heavy atom. The van der Waals surface area contributed by atoms with Crippen molar-refractivity contribution in [3.05, 3.63) is 42.3 Å². The summed E-state index contributed by atoms with van der Waals surface area (Å²) in [6.07, 6.45) is 6.06. The van der Waals surface area contributed by atoms with Gasteiger partial charge in [-0.2, -0.15) is 4.98 Å². The van der Waals surface area contributed by atoms with Crippen molar-refractivity contribution in [3.63, 3.8) is 0 Å². The van der Waals surface area contributed by atoms with Gasteiger partial charge in [-0.1, -0.05) is 11.3 Å². The Hall–Kier alpha value is -3.89. The van der Waals surface area contributed by atoms with Crippen molar-refractivity contribution in [2.75, 3.05) is 54.4 Å². The van der Waals surface area contributed by atoms with E-state index < -0.39 is 20.9 Å². The minimum absolute atomic E-state index is 0.0954. The Labute approximate surface area is 253 Å². The molecule has 0 unspecified atom stereocenters. The first-order valence-corrected chi connectivity index (χ1v) is 16.1. The summed E-state index contributed by atoms with van der Waals surface area (Å²) in [6, 6.07) is 6.58. The van der Waals surface area contributed by atoms with Crippen molar-refractivity contribution in [2.45, 2.75) is 44.4 Å². The van der Waals surface area contributed by atoms with E-state index in [2.05, 4.69) is 30.5 Å². The molecule has 1 aliphatic carbocycles. The van der Waals surface area contributed by atoms with Crippen LogP contribution in [0.2, 0.25) is 0 Å². The van der Waals surface area contributed by atoms with Gasteiger partial charge in [-0.15, -0.1) is 5.10 Å². The number of nitrogens with two attached hydrogens (primary N) is 1. The van der Waals surface area contributed by atoms with E-state index in [1.807, 2.05) is 0 Å². The maximum atomic E-state index is 13.8. The Morgan fingerprint density at radius 3 is 2.32 bits per heavy atom. The highest BCUT2D eigenvalue weighted by Crippen LogP contribution is 2.54. The van der Waals surface area contributed by atoms with Crippen LogP contribution in [0.1, 0.15) is 44.1 Å². The van der Waals surface area contributed by atoms with Crippen molar-refractivity contribution >= 4 is 32.4 Å². The van der Waals surface area contributed by atoms with Crippen LogP contribution in [0.25, 0.3) is 22.0 Å². The summed E-state index contributed by atoms with van der Waals surface area (Å²) in [6.45, 7) is 1.84. The van der Waals surface area contributed by atoms with E-state index in [9.17, 15) is 27.4 Å². The van der Waals surface area contributed by atoms with Crippen molar-refractivity contribution in [2.24, 2.45) is 10.6 Å². The predicted octanol–water partition coefficient (Wildman–Crippen LogP) is 2.89. The second-order valence-corrected chi connectivity index (χ2v) is 13.2. The molecule has 44 heavy (non-hydrogen) atoms. The number of hydrogen-bond donors (Lipinski definition) is 4. The highest BCUT2D eigenvalue weighted by atomic mass is 32.2. The first-order valence-electron chi connectivity index (χ1n) is 14.6. The van der Waals surface area contributed by atoms with E-state index in [1.165, 1.54) is 12.8 Å². The zero-order valence-electron chi connectivity index (χ0n) is 24.0. The van der Waals surface area contributed by atoms with Gasteiger partial charge in [0, 0.05) is 51.6 Å². The van der Waals surface area contributed by atoms with Crippen LogP contribution in [-0.2, 0) is 10.0 Å². The fourth-order valence-corrected chi connectivity index (χ4v) is 6.45. The predicted molar refractivity (Wildman–Crippen MR) is 161 cm³/mol. The lowest BCUT2D eigenvalue weighted by Crippen LogP contribution is -2.40. The quantitative estimate of drug-likeness (QED) is 0.256. The zero-order valence-corrected chi connectivity index (χ0v) is 24.8. The van der Waals surface area contributed by atoms with E-state index in [4.69, 9.17) is 5.14 Å². The van der Waals surface area contributed by atoms with Crippen LogP contribution in [-0.4, -0.2) is 88.8 Å². The van der Waals surface area contributed by atoms with E-state index in [0.29, 0.717) is 40.3 Å². The molecule has 0 amide bonds. The van der Waals surface area contributed by atoms with Crippen molar-refractivity contribution in [3.8, 4) is 17.1 Å². The molecule has 236 valence electrons. The zero-order chi connectivity index (χ0) is 31.1. The van der Waals surface area contributed by atoms with Crippen molar-refractivity contribution in [1.29, 1.82) is 0 Å². The van der Waals surface area contributed by atoms with Crippen LogP contribution in [0, 0.1) is 5.41 Å². The molecule has 1 spiro atoms. The van der Waals surface area contributed by atoms with Gasteiger partial charge < -0.3 is 25.3 Å². The lowest BCUT2D eigenvalue weighted by molar-refractivity contribution is -0.0222. The third-order valence-electron chi connectivity index (χ3n) is 8.72. The van der Waals surface area contributed by atoms with Crippen LogP contribution >= 0.6 is 0 Å². The molecule has 0 radical (unpaired) electrons. The van der Waals surface area contributed by atoms with Gasteiger partial charge in [0.1, 0.15) is 16.4 Å². The third kappa shape index (κ3) is 6.32. The Kier molecular flexibility index (Phi) is 7.92. The van der Waals surface area contributed by atoms with Gasteiger partial charge in [-0.25, -0.2) is 32.0 Å². The molecule has 6 rings (SSSR count). The minimum Gasteiger partial charge on any atom is -0.514 e. The summed E-state index contributed by atoms with van der Waals surface area (Å²) in [7, 11) is -4.19.